The maximum Gasteiger partial charge on any atom is 0.309 e. The van der Waals surface area contributed by atoms with E-state index in [0.717, 1.165) is 45.3 Å². The average Bonchev–Trinajstić information content (AvgIpc) is 2.46. The van der Waals surface area contributed by atoms with Gasteiger partial charge in [-0.3, -0.25) is 9.69 Å². The lowest BCUT2D eigenvalue weighted by molar-refractivity contribution is -0.149. The highest BCUT2D eigenvalue weighted by Crippen LogP contribution is 2.34. The summed E-state index contributed by atoms with van der Waals surface area (Å²) in [7, 11) is 0. The van der Waals surface area contributed by atoms with Crippen molar-refractivity contribution >= 4 is 5.97 Å². The summed E-state index contributed by atoms with van der Waals surface area (Å²) in [4.78, 5) is 14.1. The molecule has 2 fully saturated rings. The molecule has 130 valence electrons. The van der Waals surface area contributed by atoms with E-state index < -0.39 is 0 Å². The summed E-state index contributed by atoms with van der Waals surface area (Å²) in [5.74, 6) is 6.69. The largest absolute Gasteiger partial charge is 0.466 e. The van der Waals surface area contributed by atoms with Crippen molar-refractivity contribution in [3.63, 3.8) is 0 Å². The highest BCUT2D eigenvalue weighted by atomic mass is 16.5. The molecule has 0 unspecified atom stereocenters. The number of carbonyl (C=O) groups is 1. The van der Waals surface area contributed by atoms with Gasteiger partial charge in [-0.2, -0.15) is 0 Å². The van der Waals surface area contributed by atoms with Crippen molar-refractivity contribution in [1.29, 1.82) is 0 Å². The van der Waals surface area contributed by atoms with E-state index in [4.69, 9.17) is 9.47 Å². The minimum absolute atomic E-state index is 0.0383. The van der Waals surface area contributed by atoms with E-state index in [1.165, 1.54) is 6.42 Å². The van der Waals surface area contributed by atoms with Gasteiger partial charge in [0.2, 0.25) is 0 Å². The van der Waals surface area contributed by atoms with Crippen LogP contribution in [-0.4, -0.2) is 48.3 Å². The van der Waals surface area contributed by atoms with Crippen molar-refractivity contribution in [3.05, 3.63) is 0 Å². The SMILES string of the molecule is CCOC(=O)C1CCN(CC#C[C@@]2(C)CCCC(C)(C)O2)CC1. The molecule has 0 aliphatic carbocycles. The molecule has 0 N–H and O–H groups in total. The highest BCUT2D eigenvalue weighted by molar-refractivity contribution is 5.72. The Labute approximate surface area is 140 Å². The van der Waals surface area contributed by atoms with E-state index in [9.17, 15) is 4.79 Å². The van der Waals surface area contributed by atoms with Crippen LogP contribution in [0.3, 0.4) is 0 Å². The quantitative estimate of drug-likeness (QED) is 0.592. The number of esters is 1. The van der Waals surface area contributed by atoms with Crippen LogP contribution in [-0.2, 0) is 14.3 Å². The zero-order valence-electron chi connectivity index (χ0n) is 15.1. The minimum Gasteiger partial charge on any atom is -0.466 e. The summed E-state index contributed by atoms with van der Waals surface area (Å²) in [5.41, 5.74) is -0.384. The zero-order chi connectivity index (χ0) is 16.9. The number of hydrogen-bond donors (Lipinski definition) is 0. The Kier molecular flexibility index (Phi) is 6.11. The molecule has 0 spiro atoms. The molecule has 0 aromatic rings. The predicted molar refractivity (Wildman–Crippen MR) is 91.0 cm³/mol. The smallest absolute Gasteiger partial charge is 0.309 e. The van der Waals surface area contributed by atoms with Crippen molar-refractivity contribution in [2.75, 3.05) is 26.2 Å². The number of ether oxygens (including phenoxy) is 2. The fourth-order valence-corrected chi connectivity index (χ4v) is 3.58. The van der Waals surface area contributed by atoms with Gasteiger partial charge in [-0.25, -0.2) is 0 Å². The Balaban J connectivity index is 1.79. The van der Waals surface area contributed by atoms with Gasteiger partial charge in [-0.15, -0.1) is 0 Å². The van der Waals surface area contributed by atoms with Gasteiger partial charge in [-0.05, 0) is 72.9 Å². The Morgan fingerprint density at radius 1 is 1.26 bits per heavy atom. The summed E-state index contributed by atoms with van der Waals surface area (Å²) >= 11 is 0. The molecule has 23 heavy (non-hydrogen) atoms. The first kappa shape index (κ1) is 18.3. The number of nitrogens with zero attached hydrogens (tertiary/aromatic N) is 1. The Morgan fingerprint density at radius 3 is 2.57 bits per heavy atom. The Hall–Kier alpha value is -1.05. The number of rotatable bonds is 3. The Bertz CT molecular complexity index is 469. The molecule has 4 heteroatoms. The maximum atomic E-state index is 11.7. The summed E-state index contributed by atoms with van der Waals surface area (Å²) in [6, 6.07) is 0. The summed E-state index contributed by atoms with van der Waals surface area (Å²) in [5, 5.41) is 0. The molecule has 2 heterocycles. The van der Waals surface area contributed by atoms with E-state index in [1.54, 1.807) is 0 Å². The first-order chi connectivity index (χ1) is 10.8. The molecule has 4 nitrogen and oxygen atoms in total. The molecule has 2 aliphatic heterocycles. The molecule has 2 rings (SSSR count). The second-order valence-electron chi connectivity index (χ2n) is 7.55. The van der Waals surface area contributed by atoms with Gasteiger partial charge in [-0.1, -0.05) is 11.8 Å². The normalized spacial score (nSPS) is 28.7. The number of likely N-dealkylation sites (tertiary alicyclic amines) is 1. The van der Waals surface area contributed by atoms with Crippen molar-refractivity contribution < 1.29 is 14.3 Å². The molecule has 0 aromatic carbocycles. The van der Waals surface area contributed by atoms with Gasteiger partial charge >= 0.3 is 5.97 Å². The van der Waals surface area contributed by atoms with Crippen molar-refractivity contribution in [1.82, 2.24) is 4.90 Å². The van der Waals surface area contributed by atoms with Gasteiger partial charge < -0.3 is 9.47 Å². The van der Waals surface area contributed by atoms with Crippen molar-refractivity contribution in [3.8, 4) is 11.8 Å². The Morgan fingerprint density at radius 2 is 1.96 bits per heavy atom. The monoisotopic (exact) mass is 321 g/mol. The number of carbonyl (C=O) groups excluding carboxylic acids is 1. The molecular weight excluding hydrogens is 290 g/mol. The van der Waals surface area contributed by atoms with Crippen LogP contribution in [0, 0.1) is 17.8 Å². The first-order valence-corrected chi connectivity index (χ1v) is 8.93. The van der Waals surface area contributed by atoms with Crippen LogP contribution < -0.4 is 0 Å². The summed E-state index contributed by atoms with van der Waals surface area (Å²) in [6.45, 7) is 11.3. The molecular formula is C19H31NO3. The van der Waals surface area contributed by atoms with Crippen LogP contribution in [0.15, 0.2) is 0 Å². The first-order valence-electron chi connectivity index (χ1n) is 8.93. The van der Waals surface area contributed by atoms with Crippen molar-refractivity contribution in [2.45, 2.75) is 71.0 Å². The van der Waals surface area contributed by atoms with Crippen molar-refractivity contribution in [2.24, 2.45) is 5.92 Å². The maximum absolute atomic E-state index is 11.7. The van der Waals surface area contributed by atoms with Crippen LogP contribution in [0.25, 0.3) is 0 Å². The lowest BCUT2D eigenvalue weighted by Gasteiger charge is -2.40. The van der Waals surface area contributed by atoms with E-state index in [1.807, 2.05) is 6.92 Å². The summed E-state index contributed by atoms with van der Waals surface area (Å²) in [6.07, 6.45) is 5.03. The van der Waals surface area contributed by atoms with E-state index >= 15 is 0 Å². The van der Waals surface area contributed by atoms with Crippen LogP contribution in [0.1, 0.15) is 59.8 Å². The molecule has 0 saturated carbocycles. The lowest BCUT2D eigenvalue weighted by Crippen LogP contribution is -2.42. The number of hydrogen-bond acceptors (Lipinski definition) is 4. The van der Waals surface area contributed by atoms with Crippen LogP contribution in [0.4, 0.5) is 0 Å². The molecule has 0 bridgehead atoms. The van der Waals surface area contributed by atoms with Crippen LogP contribution >= 0.6 is 0 Å². The highest BCUT2D eigenvalue weighted by Gasteiger charge is 2.36. The molecule has 0 amide bonds. The third kappa shape index (κ3) is 5.51. The fraction of sp³-hybridized carbons (Fsp3) is 0.842. The predicted octanol–water partition coefficient (Wildman–Crippen LogP) is 3.00. The van der Waals surface area contributed by atoms with Crippen LogP contribution in [0.2, 0.25) is 0 Å². The molecule has 2 aliphatic rings. The molecule has 1 atom stereocenters. The van der Waals surface area contributed by atoms with Gasteiger partial charge in [0.15, 0.2) is 0 Å². The number of piperidine rings is 1. The molecule has 0 aromatic heterocycles. The van der Waals surface area contributed by atoms with Gasteiger partial charge in [0.25, 0.3) is 0 Å². The van der Waals surface area contributed by atoms with E-state index in [2.05, 4.69) is 37.5 Å². The minimum atomic E-state index is -0.314. The molecule has 0 radical (unpaired) electrons. The summed E-state index contributed by atoms with van der Waals surface area (Å²) < 4.78 is 11.3. The second kappa shape index (κ2) is 7.68. The third-order valence-corrected chi connectivity index (χ3v) is 4.80. The van der Waals surface area contributed by atoms with Gasteiger partial charge in [0.1, 0.15) is 5.60 Å². The second-order valence-corrected chi connectivity index (χ2v) is 7.55. The van der Waals surface area contributed by atoms with Crippen LogP contribution in [0.5, 0.6) is 0 Å². The van der Waals surface area contributed by atoms with Gasteiger partial charge in [0, 0.05) is 0 Å². The lowest BCUT2D eigenvalue weighted by atomic mass is 9.88. The topological polar surface area (TPSA) is 38.8 Å². The molecule has 2 saturated heterocycles. The zero-order valence-corrected chi connectivity index (χ0v) is 15.1. The van der Waals surface area contributed by atoms with Gasteiger partial charge in [0.05, 0.1) is 24.7 Å². The third-order valence-electron chi connectivity index (χ3n) is 4.80. The van der Waals surface area contributed by atoms with E-state index in [0.29, 0.717) is 6.61 Å². The average molecular weight is 321 g/mol. The standard InChI is InChI=1S/C19H31NO3/c1-5-22-17(21)16-8-14-20(15-9-16)13-7-12-19(4)11-6-10-18(2,3)23-19/h16H,5-6,8-11,13-15H2,1-4H3/t19-/m1/s1. The van der Waals surface area contributed by atoms with E-state index in [-0.39, 0.29) is 23.1 Å². The fourth-order valence-electron chi connectivity index (χ4n) is 3.58.